The van der Waals surface area contributed by atoms with Crippen LogP contribution in [0.5, 0.6) is 11.5 Å². The van der Waals surface area contributed by atoms with Gasteiger partial charge in [-0.2, -0.15) is 5.48 Å². The molecule has 170 valence electrons. The molecule has 0 amide bonds. The van der Waals surface area contributed by atoms with Crippen LogP contribution in [-0.4, -0.2) is 36.2 Å². The molecule has 0 heterocycles. The van der Waals surface area contributed by atoms with E-state index >= 15 is 0 Å². The SMILES string of the molecule is CCCCN(CCSSCCNOc1ccc(C)cc1)Oc1ccc(C)cc1.Cl.Cl. The highest BCUT2D eigenvalue weighted by atomic mass is 35.5. The Labute approximate surface area is 202 Å². The molecule has 4 nitrogen and oxygen atoms in total. The van der Waals surface area contributed by atoms with Crippen LogP contribution in [-0.2, 0) is 0 Å². The van der Waals surface area contributed by atoms with Crippen molar-refractivity contribution in [2.75, 3.05) is 31.1 Å². The third-order valence-corrected chi connectivity index (χ3v) is 6.41. The molecule has 0 aliphatic rings. The van der Waals surface area contributed by atoms with E-state index in [0.29, 0.717) is 0 Å². The topological polar surface area (TPSA) is 33.7 Å². The van der Waals surface area contributed by atoms with Gasteiger partial charge in [0, 0.05) is 31.1 Å². The Bertz CT molecular complexity index is 661. The van der Waals surface area contributed by atoms with Gasteiger partial charge in [0.05, 0.1) is 0 Å². The van der Waals surface area contributed by atoms with E-state index < -0.39 is 0 Å². The predicted octanol–water partition coefficient (Wildman–Crippen LogP) is 6.51. The van der Waals surface area contributed by atoms with Crippen LogP contribution < -0.4 is 15.2 Å². The normalized spacial score (nSPS) is 10.3. The van der Waals surface area contributed by atoms with Crippen LogP contribution in [0.1, 0.15) is 30.9 Å². The number of nitrogens with zero attached hydrogens (tertiary/aromatic N) is 1. The zero-order valence-corrected chi connectivity index (χ0v) is 21.2. The molecule has 2 aromatic rings. The molecular formula is C22H34Cl2N2O2S2. The van der Waals surface area contributed by atoms with E-state index in [9.17, 15) is 0 Å². The second-order valence-electron chi connectivity index (χ2n) is 6.64. The highest BCUT2D eigenvalue weighted by molar-refractivity contribution is 8.76. The lowest BCUT2D eigenvalue weighted by molar-refractivity contribution is -0.0533. The zero-order valence-electron chi connectivity index (χ0n) is 18.0. The summed E-state index contributed by atoms with van der Waals surface area (Å²) in [4.78, 5) is 11.6. The molecule has 2 rings (SSSR count). The summed E-state index contributed by atoms with van der Waals surface area (Å²) in [6, 6.07) is 16.3. The van der Waals surface area contributed by atoms with Crippen molar-refractivity contribution < 1.29 is 9.68 Å². The van der Waals surface area contributed by atoms with Crippen LogP contribution in [0.2, 0.25) is 0 Å². The number of unbranched alkanes of at least 4 members (excludes halogenated alkanes) is 1. The number of hydrogen-bond acceptors (Lipinski definition) is 6. The van der Waals surface area contributed by atoms with Gasteiger partial charge in [0.1, 0.15) is 11.5 Å². The van der Waals surface area contributed by atoms with E-state index in [4.69, 9.17) is 9.68 Å². The monoisotopic (exact) mass is 492 g/mol. The third-order valence-electron chi connectivity index (χ3n) is 4.02. The van der Waals surface area contributed by atoms with E-state index in [1.165, 1.54) is 17.5 Å². The van der Waals surface area contributed by atoms with Gasteiger partial charge in [-0.1, -0.05) is 70.3 Å². The van der Waals surface area contributed by atoms with E-state index in [1.54, 1.807) is 0 Å². The number of hydroxylamine groups is 3. The average Bonchev–Trinajstić information content (AvgIpc) is 2.71. The highest BCUT2D eigenvalue weighted by Crippen LogP contribution is 2.21. The van der Waals surface area contributed by atoms with Crippen molar-refractivity contribution in [2.24, 2.45) is 0 Å². The number of hydrogen-bond donors (Lipinski definition) is 1. The zero-order chi connectivity index (χ0) is 20.0. The van der Waals surface area contributed by atoms with Crippen molar-refractivity contribution >= 4 is 46.4 Å². The maximum Gasteiger partial charge on any atom is 0.147 e. The lowest BCUT2D eigenvalue weighted by Gasteiger charge is -2.22. The highest BCUT2D eigenvalue weighted by Gasteiger charge is 2.07. The molecule has 8 heteroatoms. The van der Waals surface area contributed by atoms with Gasteiger partial charge >= 0.3 is 0 Å². The molecule has 0 bridgehead atoms. The molecule has 0 atom stereocenters. The summed E-state index contributed by atoms with van der Waals surface area (Å²) in [5.41, 5.74) is 5.50. The van der Waals surface area contributed by atoms with Gasteiger partial charge in [-0.3, -0.25) is 0 Å². The van der Waals surface area contributed by atoms with Gasteiger partial charge < -0.3 is 9.68 Å². The van der Waals surface area contributed by atoms with Crippen molar-refractivity contribution in [1.82, 2.24) is 10.5 Å². The van der Waals surface area contributed by atoms with E-state index in [1.807, 2.05) is 58.0 Å². The summed E-state index contributed by atoms with van der Waals surface area (Å²) in [6.45, 7) is 9.05. The molecule has 0 spiro atoms. The van der Waals surface area contributed by atoms with Crippen molar-refractivity contribution in [3.63, 3.8) is 0 Å². The minimum atomic E-state index is 0. The van der Waals surface area contributed by atoms with Gasteiger partial charge in [-0.25, -0.2) is 0 Å². The molecule has 2 aromatic carbocycles. The van der Waals surface area contributed by atoms with Gasteiger partial charge in [0.25, 0.3) is 0 Å². The number of benzene rings is 2. The summed E-state index contributed by atoms with van der Waals surface area (Å²) in [5.74, 6) is 3.78. The summed E-state index contributed by atoms with van der Waals surface area (Å²) in [7, 11) is 3.73. The quantitative estimate of drug-likeness (QED) is 0.184. The number of nitrogens with one attached hydrogen (secondary N) is 1. The summed E-state index contributed by atoms with van der Waals surface area (Å²) < 4.78 is 0. The number of rotatable bonds is 14. The molecular weight excluding hydrogens is 459 g/mol. The Balaban J connectivity index is 0.00000420. The van der Waals surface area contributed by atoms with Crippen molar-refractivity contribution in [1.29, 1.82) is 0 Å². The molecule has 30 heavy (non-hydrogen) atoms. The number of halogens is 2. The minimum absolute atomic E-state index is 0. The first-order valence-corrected chi connectivity index (χ1v) is 12.4. The Hall–Kier alpha value is -0.760. The van der Waals surface area contributed by atoms with Crippen molar-refractivity contribution in [3.05, 3.63) is 59.7 Å². The van der Waals surface area contributed by atoms with Crippen LogP contribution in [0.4, 0.5) is 0 Å². The Kier molecular flexibility index (Phi) is 17.4. The Morgan fingerprint density at radius 1 is 0.800 bits per heavy atom. The smallest absolute Gasteiger partial charge is 0.147 e. The summed E-state index contributed by atoms with van der Waals surface area (Å²) in [6.07, 6.45) is 2.31. The molecule has 0 aliphatic carbocycles. The number of aryl methyl sites for hydroxylation is 2. The molecule has 0 saturated heterocycles. The molecule has 0 unspecified atom stereocenters. The predicted molar refractivity (Wildman–Crippen MR) is 138 cm³/mol. The van der Waals surface area contributed by atoms with Crippen LogP contribution in [0, 0.1) is 13.8 Å². The molecule has 0 saturated carbocycles. The van der Waals surface area contributed by atoms with Gasteiger partial charge in [-0.15, -0.1) is 29.9 Å². The summed E-state index contributed by atoms with van der Waals surface area (Å²) >= 11 is 0. The van der Waals surface area contributed by atoms with Crippen molar-refractivity contribution in [2.45, 2.75) is 33.6 Å². The molecule has 0 radical (unpaired) electrons. The van der Waals surface area contributed by atoms with Crippen LogP contribution >= 0.6 is 46.4 Å². The second kappa shape index (κ2) is 17.9. The summed E-state index contributed by atoms with van der Waals surface area (Å²) in [5, 5.41) is 2.08. The van der Waals surface area contributed by atoms with E-state index in [0.717, 1.165) is 49.1 Å². The first kappa shape index (κ1) is 29.2. The van der Waals surface area contributed by atoms with Crippen LogP contribution in [0.15, 0.2) is 48.5 Å². The van der Waals surface area contributed by atoms with Gasteiger partial charge in [0.2, 0.25) is 0 Å². The second-order valence-corrected chi connectivity index (χ2v) is 9.34. The average molecular weight is 494 g/mol. The minimum Gasteiger partial charge on any atom is -0.409 e. The standard InChI is InChI=1S/C22H32N2O2S2.2ClH/c1-4-5-15-24(26-22-12-8-20(3)9-13-22)16-18-28-27-17-14-23-25-21-10-6-19(2)7-11-21;;/h6-13,23H,4-5,14-18H2,1-3H3;2*1H. The van der Waals surface area contributed by atoms with Crippen LogP contribution in [0.3, 0.4) is 0 Å². The van der Waals surface area contributed by atoms with Crippen LogP contribution in [0.25, 0.3) is 0 Å². The first-order valence-electron chi connectivity index (χ1n) is 9.87. The maximum absolute atomic E-state index is 6.05. The molecule has 0 aromatic heterocycles. The molecule has 1 N–H and O–H groups in total. The lowest BCUT2D eigenvalue weighted by Crippen LogP contribution is -2.30. The fourth-order valence-electron chi connectivity index (χ4n) is 2.37. The van der Waals surface area contributed by atoms with E-state index in [-0.39, 0.29) is 24.8 Å². The van der Waals surface area contributed by atoms with Gasteiger partial charge in [0.15, 0.2) is 0 Å². The Morgan fingerprint density at radius 2 is 1.37 bits per heavy atom. The van der Waals surface area contributed by atoms with E-state index in [2.05, 4.69) is 43.4 Å². The first-order chi connectivity index (χ1) is 13.7. The fraction of sp³-hybridized carbons (Fsp3) is 0.455. The largest absolute Gasteiger partial charge is 0.409 e. The van der Waals surface area contributed by atoms with Gasteiger partial charge in [-0.05, 0) is 44.5 Å². The lowest BCUT2D eigenvalue weighted by atomic mass is 10.2. The third kappa shape index (κ3) is 12.8. The fourth-order valence-corrected chi connectivity index (χ4v) is 4.23. The maximum atomic E-state index is 6.05. The van der Waals surface area contributed by atoms with Crippen molar-refractivity contribution in [3.8, 4) is 11.5 Å². The molecule has 0 aliphatic heterocycles. The Morgan fingerprint density at radius 3 is 1.97 bits per heavy atom. The molecule has 0 fully saturated rings.